The maximum atomic E-state index is 11.8. The summed E-state index contributed by atoms with van der Waals surface area (Å²) in [7, 11) is -0.858. The third-order valence-corrected chi connectivity index (χ3v) is 3.54. The van der Waals surface area contributed by atoms with Crippen LogP contribution in [0.3, 0.4) is 0 Å². The zero-order valence-corrected chi connectivity index (χ0v) is 11.8. The van der Waals surface area contributed by atoms with Crippen LogP contribution in [0.15, 0.2) is 18.2 Å². The molecule has 1 rings (SSSR count). The van der Waals surface area contributed by atoms with E-state index >= 15 is 0 Å². The highest BCUT2D eigenvalue weighted by Crippen LogP contribution is 2.23. The van der Waals surface area contributed by atoms with Crippen molar-refractivity contribution >= 4 is 28.3 Å². The van der Waals surface area contributed by atoms with Crippen molar-refractivity contribution in [3.8, 4) is 5.75 Å². The fraction of sp³-hybridized carbons (Fsp3) is 0.417. The molecule has 0 aromatic heterocycles. The third-order valence-electron chi connectivity index (χ3n) is 2.43. The first kappa shape index (κ1) is 15.0. The highest BCUT2D eigenvalue weighted by Gasteiger charge is 2.11. The number of hydrogen-bond donors (Lipinski definition) is 2. The molecule has 0 bridgehead atoms. The van der Waals surface area contributed by atoms with Crippen molar-refractivity contribution in [1.29, 1.82) is 0 Å². The van der Waals surface area contributed by atoms with Gasteiger partial charge in [-0.2, -0.15) is 0 Å². The Morgan fingerprint density at radius 1 is 1.56 bits per heavy atom. The first-order valence-corrected chi connectivity index (χ1v) is 7.60. The predicted octanol–water partition coefficient (Wildman–Crippen LogP) is 1.93. The van der Waals surface area contributed by atoms with Gasteiger partial charge in [-0.3, -0.25) is 9.00 Å². The Balaban J connectivity index is 2.59. The lowest BCUT2D eigenvalue weighted by Gasteiger charge is -2.13. The van der Waals surface area contributed by atoms with Crippen LogP contribution in [0, 0.1) is 0 Å². The molecule has 1 amide bonds. The maximum Gasteiger partial charge on any atom is 0.251 e. The normalized spacial score (nSPS) is 13.9. The van der Waals surface area contributed by atoms with E-state index in [1.165, 1.54) is 18.2 Å². The number of nitrogens with one attached hydrogen (secondary N) is 1. The third kappa shape index (κ3) is 4.66. The summed E-state index contributed by atoms with van der Waals surface area (Å²) in [6.07, 6.45) is 2.29. The fourth-order valence-electron chi connectivity index (χ4n) is 1.37. The first-order valence-electron chi connectivity index (χ1n) is 5.49. The Morgan fingerprint density at radius 3 is 2.78 bits per heavy atom. The second-order valence-electron chi connectivity index (χ2n) is 4.11. The van der Waals surface area contributed by atoms with Crippen LogP contribution in [0.25, 0.3) is 0 Å². The Bertz CT molecular complexity index is 465. The lowest BCUT2D eigenvalue weighted by Crippen LogP contribution is -2.33. The van der Waals surface area contributed by atoms with Crippen LogP contribution >= 0.6 is 11.6 Å². The lowest BCUT2D eigenvalue weighted by atomic mass is 10.2. The molecule has 2 unspecified atom stereocenters. The zero-order valence-electron chi connectivity index (χ0n) is 10.3. The molecule has 0 aliphatic heterocycles. The average molecular weight is 290 g/mol. The van der Waals surface area contributed by atoms with Crippen LogP contribution in [-0.2, 0) is 10.8 Å². The SMILES string of the molecule is CC(CCS(C)=O)NC(=O)c1ccc(O)c(Cl)c1. The van der Waals surface area contributed by atoms with Gasteiger partial charge in [-0.25, -0.2) is 0 Å². The summed E-state index contributed by atoms with van der Waals surface area (Å²) >= 11 is 5.73. The first-order chi connectivity index (χ1) is 8.40. The van der Waals surface area contributed by atoms with Gasteiger partial charge in [0.2, 0.25) is 0 Å². The molecule has 0 fully saturated rings. The molecule has 18 heavy (non-hydrogen) atoms. The average Bonchev–Trinajstić information content (AvgIpc) is 2.30. The predicted molar refractivity (Wildman–Crippen MR) is 73.6 cm³/mol. The van der Waals surface area contributed by atoms with E-state index in [2.05, 4.69) is 5.32 Å². The number of carbonyl (C=O) groups excluding carboxylic acids is 1. The van der Waals surface area contributed by atoms with E-state index in [9.17, 15) is 14.1 Å². The molecule has 1 aromatic carbocycles. The molecule has 0 heterocycles. The zero-order chi connectivity index (χ0) is 13.7. The Morgan fingerprint density at radius 2 is 2.22 bits per heavy atom. The summed E-state index contributed by atoms with van der Waals surface area (Å²) in [6.45, 7) is 1.85. The van der Waals surface area contributed by atoms with E-state index in [-0.39, 0.29) is 22.7 Å². The highest BCUT2D eigenvalue weighted by atomic mass is 35.5. The molecular formula is C12H16ClNO3S. The summed E-state index contributed by atoms with van der Waals surface area (Å²) in [5.41, 5.74) is 0.391. The molecule has 4 nitrogen and oxygen atoms in total. The number of phenolic OH excluding ortho intramolecular Hbond substituents is 1. The minimum absolute atomic E-state index is 0.0531. The minimum Gasteiger partial charge on any atom is -0.506 e. The second-order valence-corrected chi connectivity index (χ2v) is 6.07. The number of hydrogen-bond acceptors (Lipinski definition) is 3. The number of rotatable bonds is 5. The number of phenols is 1. The number of amides is 1. The molecule has 2 atom stereocenters. The monoisotopic (exact) mass is 289 g/mol. The molecule has 0 saturated carbocycles. The van der Waals surface area contributed by atoms with Crippen LogP contribution < -0.4 is 5.32 Å². The smallest absolute Gasteiger partial charge is 0.251 e. The molecule has 0 radical (unpaired) electrons. The molecule has 6 heteroatoms. The van der Waals surface area contributed by atoms with Gasteiger partial charge in [-0.05, 0) is 31.5 Å². The number of carbonyl (C=O) groups is 1. The van der Waals surface area contributed by atoms with Crippen LogP contribution in [0.1, 0.15) is 23.7 Å². The number of aromatic hydroxyl groups is 1. The summed E-state index contributed by atoms with van der Waals surface area (Å²) < 4.78 is 10.9. The van der Waals surface area contributed by atoms with Crippen molar-refractivity contribution in [2.75, 3.05) is 12.0 Å². The summed E-state index contributed by atoms with van der Waals surface area (Å²) in [5, 5.41) is 12.2. The van der Waals surface area contributed by atoms with E-state index in [1.54, 1.807) is 6.26 Å². The fourth-order valence-corrected chi connectivity index (χ4v) is 2.24. The second kappa shape index (κ2) is 6.75. The summed E-state index contributed by atoms with van der Waals surface area (Å²) in [5.74, 6) is 0.242. The van der Waals surface area contributed by atoms with Gasteiger partial charge in [0, 0.05) is 34.4 Å². The molecule has 0 aliphatic carbocycles. The van der Waals surface area contributed by atoms with Crippen LogP contribution in [0.5, 0.6) is 5.75 Å². The van der Waals surface area contributed by atoms with E-state index in [1.807, 2.05) is 6.92 Å². The number of halogens is 1. The van der Waals surface area contributed by atoms with Crippen molar-refractivity contribution in [2.45, 2.75) is 19.4 Å². The highest BCUT2D eigenvalue weighted by molar-refractivity contribution is 7.84. The Labute approximate surface area is 114 Å². The van der Waals surface area contributed by atoms with Crippen molar-refractivity contribution < 1.29 is 14.1 Å². The Kier molecular flexibility index (Phi) is 5.62. The van der Waals surface area contributed by atoms with E-state index < -0.39 is 10.8 Å². The van der Waals surface area contributed by atoms with Gasteiger partial charge in [0.15, 0.2) is 0 Å². The minimum atomic E-state index is -0.858. The Hall–Kier alpha value is -1.07. The van der Waals surface area contributed by atoms with Gasteiger partial charge in [0.25, 0.3) is 5.91 Å². The summed E-state index contributed by atoms with van der Waals surface area (Å²) in [6, 6.07) is 4.23. The lowest BCUT2D eigenvalue weighted by molar-refractivity contribution is 0.0939. The van der Waals surface area contributed by atoms with Gasteiger partial charge in [0.1, 0.15) is 5.75 Å². The van der Waals surface area contributed by atoms with E-state index in [0.29, 0.717) is 17.7 Å². The van der Waals surface area contributed by atoms with Crippen molar-refractivity contribution in [2.24, 2.45) is 0 Å². The molecule has 0 aliphatic rings. The van der Waals surface area contributed by atoms with Crippen LogP contribution in [0.4, 0.5) is 0 Å². The maximum absolute atomic E-state index is 11.8. The quantitative estimate of drug-likeness (QED) is 0.870. The van der Waals surface area contributed by atoms with Crippen LogP contribution in [-0.4, -0.2) is 33.3 Å². The molecule has 100 valence electrons. The van der Waals surface area contributed by atoms with Gasteiger partial charge < -0.3 is 10.4 Å². The van der Waals surface area contributed by atoms with Gasteiger partial charge in [0.05, 0.1) is 5.02 Å². The molecule has 2 N–H and O–H groups in total. The van der Waals surface area contributed by atoms with Crippen molar-refractivity contribution in [3.05, 3.63) is 28.8 Å². The van der Waals surface area contributed by atoms with Gasteiger partial charge in [-0.1, -0.05) is 11.6 Å². The number of benzene rings is 1. The van der Waals surface area contributed by atoms with Crippen molar-refractivity contribution in [1.82, 2.24) is 5.32 Å². The van der Waals surface area contributed by atoms with Crippen molar-refractivity contribution in [3.63, 3.8) is 0 Å². The summed E-state index contributed by atoms with van der Waals surface area (Å²) in [4.78, 5) is 11.8. The van der Waals surface area contributed by atoms with E-state index in [0.717, 1.165) is 0 Å². The standard InChI is InChI=1S/C12H16ClNO3S/c1-8(5-6-18(2)17)14-12(16)9-3-4-11(15)10(13)7-9/h3-4,7-8,15H,5-6H2,1-2H3,(H,14,16). The molecule has 0 saturated heterocycles. The van der Waals surface area contributed by atoms with E-state index in [4.69, 9.17) is 11.6 Å². The van der Waals surface area contributed by atoms with Crippen LogP contribution in [0.2, 0.25) is 5.02 Å². The van der Waals surface area contributed by atoms with Gasteiger partial charge >= 0.3 is 0 Å². The molecule has 0 spiro atoms. The topological polar surface area (TPSA) is 66.4 Å². The molecular weight excluding hydrogens is 274 g/mol. The largest absolute Gasteiger partial charge is 0.506 e. The van der Waals surface area contributed by atoms with Gasteiger partial charge in [-0.15, -0.1) is 0 Å². The molecule has 1 aromatic rings.